The van der Waals surface area contributed by atoms with Gasteiger partial charge < -0.3 is 19.3 Å². The van der Waals surface area contributed by atoms with Crippen molar-refractivity contribution in [2.75, 3.05) is 13.7 Å². The molecule has 154 valence electrons. The van der Waals surface area contributed by atoms with E-state index in [1.165, 1.54) is 19.2 Å². The first-order chi connectivity index (χ1) is 13.9. The first kappa shape index (κ1) is 19.7. The van der Waals surface area contributed by atoms with Crippen LogP contribution in [0.15, 0.2) is 53.4 Å². The van der Waals surface area contributed by atoms with Crippen molar-refractivity contribution in [1.82, 2.24) is 4.72 Å². The number of carbonyl (C=O) groups is 1. The van der Waals surface area contributed by atoms with E-state index in [1.54, 1.807) is 30.3 Å². The third-order valence-corrected chi connectivity index (χ3v) is 6.71. The summed E-state index contributed by atoms with van der Waals surface area (Å²) in [6.07, 6.45) is -1.01. The van der Waals surface area contributed by atoms with Crippen molar-refractivity contribution < 1.29 is 32.5 Å². The third-order valence-electron chi connectivity index (χ3n) is 5.23. The highest BCUT2D eigenvalue weighted by Gasteiger charge is 2.51. The van der Waals surface area contributed by atoms with Gasteiger partial charge in [-0.2, -0.15) is 0 Å². The van der Waals surface area contributed by atoms with Crippen molar-refractivity contribution in [2.24, 2.45) is 0 Å². The summed E-state index contributed by atoms with van der Waals surface area (Å²) in [5.74, 6) is -0.0615. The molecule has 1 aliphatic carbocycles. The molecule has 0 saturated heterocycles. The van der Waals surface area contributed by atoms with Gasteiger partial charge in [0, 0.05) is 17.9 Å². The van der Waals surface area contributed by atoms with E-state index in [4.69, 9.17) is 9.47 Å². The number of aliphatic hydroxyl groups excluding tert-OH is 1. The van der Waals surface area contributed by atoms with Gasteiger partial charge in [-0.3, -0.25) is 0 Å². The highest BCUT2D eigenvalue weighted by atomic mass is 32.2. The molecule has 8 nitrogen and oxygen atoms in total. The molecule has 2 aromatic carbocycles. The van der Waals surface area contributed by atoms with Gasteiger partial charge in [-0.15, -0.1) is 0 Å². The van der Waals surface area contributed by atoms with Crippen LogP contribution in [0.4, 0.5) is 0 Å². The van der Waals surface area contributed by atoms with Crippen molar-refractivity contribution in [3.8, 4) is 11.5 Å². The molecule has 0 bridgehead atoms. The quantitative estimate of drug-likeness (QED) is 0.677. The van der Waals surface area contributed by atoms with Crippen LogP contribution in [0.2, 0.25) is 0 Å². The summed E-state index contributed by atoms with van der Waals surface area (Å²) in [6, 6.07) is 12.5. The van der Waals surface area contributed by atoms with Crippen LogP contribution in [0.5, 0.6) is 11.5 Å². The molecule has 9 heteroatoms. The molecule has 2 aliphatic rings. The van der Waals surface area contributed by atoms with Crippen molar-refractivity contribution >= 4 is 16.0 Å². The van der Waals surface area contributed by atoms with E-state index in [9.17, 15) is 18.3 Å². The molecule has 2 N–H and O–H groups in total. The monoisotopic (exact) mass is 419 g/mol. The topological polar surface area (TPSA) is 111 Å². The molecule has 4 rings (SSSR count). The maximum absolute atomic E-state index is 12.8. The Morgan fingerprint density at radius 3 is 2.69 bits per heavy atom. The Morgan fingerprint density at radius 1 is 1.21 bits per heavy atom. The van der Waals surface area contributed by atoms with Gasteiger partial charge >= 0.3 is 5.97 Å². The second kappa shape index (κ2) is 7.66. The Bertz CT molecular complexity index is 1010. The summed E-state index contributed by atoms with van der Waals surface area (Å²) in [6.45, 7) is -0.266. The zero-order valence-electron chi connectivity index (χ0n) is 15.6. The number of carbonyl (C=O) groups excluding carboxylic acids is 1. The zero-order chi connectivity index (χ0) is 20.6. The first-order valence-electron chi connectivity index (χ1n) is 9.15. The maximum atomic E-state index is 12.8. The molecule has 0 spiro atoms. The van der Waals surface area contributed by atoms with Crippen LogP contribution in [-0.4, -0.2) is 51.5 Å². The predicted molar refractivity (Wildman–Crippen MR) is 102 cm³/mol. The fraction of sp³-hybridized carbons (Fsp3) is 0.350. The number of aliphatic hydroxyl groups is 1. The van der Waals surface area contributed by atoms with Crippen LogP contribution < -0.4 is 14.2 Å². The van der Waals surface area contributed by atoms with Gasteiger partial charge in [-0.25, -0.2) is 17.9 Å². The average molecular weight is 419 g/mol. The van der Waals surface area contributed by atoms with E-state index >= 15 is 0 Å². The van der Waals surface area contributed by atoms with Gasteiger partial charge in [0.25, 0.3) is 0 Å². The predicted octanol–water partition coefficient (Wildman–Crippen LogP) is 1.19. The van der Waals surface area contributed by atoms with Crippen molar-refractivity contribution in [1.29, 1.82) is 0 Å². The molecule has 1 saturated carbocycles. The lowest BCUT2D eigenvalue weighted by atomic mass is 9.94. The minimum atomic E-state index is -3.81. The number of fused-ring (bicyclic) bond motifs is 3. The van der Waals surface area contributed by atoms with E-state index in [2.05, 4.69) is 9.46 Å². The summed E-state index contributed by atoms with van der Waals surface area (Å²) in [4.78, 5) is 11.5. The molecule has 1 fully saturated rings. The Balaban J connectivity index is 1.61. The second-order valence-corrected chi connectivity index (χ2v) is 8.70. The van der Waals surface area contributed by atoms with Gasteiger partial charge in [0.1, 0.15) is 6.10 Å². The van der Waals surface area contributed by atoms with Crippen LogP contribution in [0.25, 0.3) is 0 Å². The zero-order valence-corrected chi connectivity index (χ0v) is 16.5. The number of sulfonamides is 1. The van der Waals surface area contributed by atoms with Gasteiger partial charge in [-0.1, -0.05) is 30.3 Å². The number of methoxy groups -OCH3 is 1. The van der Waals surface area contributed by atoms with Gasteiger partial charge in [0.2, 0.25) is 10.0 Å². The number of nitrogens with one attached hydrogen (secondary N) is 1. The number of esters is 1. The lowest BCUT2D eigenvalue weighted by Crippen LogP contribution is -2.43. The molecular weight excluding hydrogens is 398 g/mol. The van der Waals surface area contributed by atoms with Gasteiger partial charge in [0.05, 0.1) is 24.2 Å². The number of benzene rings is 2. The van der Waals surface area contributed by atoms with Crippen molar-refractivity contribution in [3.05, 3.63) is 54.1 Å². The second-order valence-electron chi connectivity index (χ2n) is 6.98. The Labute approximate surface area is 168 Å². The summed E-state index contributed by atoms with van der Waals surface area (Å²) >= 11 is 0. The number of hydrogen-bond acceptors (Lipinski definition) is 7. The van der Waals surface area contributed by atoms with Crippen LogP contribution in [-0.2, 0) is 19.6 Å². The number of rotatable bonds is 6. The van der Waals surface area contributed by atoms with Gasteiger partial charge in [-0.05, 0) is 18.2 Å². The van der Waals surface area contributed by atoms with Crippen LogP contribution >= 0.6 is 0 Å². The maximum Gasteiger partial charge on any atom is 0.343 e. The summed E-state index contributed by atoms with van der Waals surface area (Å²) in [5.41, 5.74) is 0.731. The molecule has 2 aromatic rings. The van der Waals surface area contributed by atoms with E-state index in [0.717, 1.165) is 5.56 Å². The van der Waals surface area contributed by atoms with Crippen LogP contribution in [0, 0.1) is 0 Å². The molecule has 0 radical (unpaired) electrons. The van der Waals surface area contributed by atoms with Crippen LogP contribution in [0.3, 0.4) is 0 Å². The Kier molecular flexibility index (Phi) is 5.20. The highest BCUT2D eigenvalue weighted by molar-refractivity contribution is 7.89. The number of hydrogen-bond donors (Lipinski definition) is 2. The fourth-order valence-corrected chi connectivity index (χ4v) is 5.21. The highest BCUT2D eigenvalue weighted by Crippen LogP contribution is 2.51. The molecule has 1 heterocycles. The minimum absolute atomic E-state index is 0.130. The molecule has 4 atom stereocenters. The largest absolute Gasteiger partial charge is 0.485 e. The molecule has 1 aliphatic heterocycles. The standard InChI is InChI=1S/C20H21NO7S/c1-26-17(23)11-27-15-9-5-8-13-18-16(28-20(13)15)10-14(22)19(18)21-29(24,25)12-6-3-2-4-7-12/h2-9,14,16,18-19,21-22H,10-11H2,1H3/t14-,16+,18+,19+/m1/s1. The van der Waals surface area contributed by atoms with Gasteiger partial charge in [0.15, 0.2) is 18.1 Å². The molecular formula is C20H21NO7S. The van der Waals surface area contributed by atoms with E-state index in [-0.39, 0.29) is 23.8 Å². The van der Waals surface area contributed by atoms with E-state index in [1.807, 2.05) is 6.07 Å². The van der Waals surface area contributed by atoms with Crippen molar-refractivity contribution in [3.63, 3.8) is 0 Å². The minimum Gasteiger partial charge on any atom is -0.485 e. The number of ether oxygens (including phenoxy) is 3. The summed E-state index contributed by atoms with van der Waals surface area (Å²) in [7, 11) is -2.54. The Morgan fingerprint density at radius 2 is 1.97 bits per heavy atom. The molecule has 0 amide bonds. The SMILES string of the molecule is COC(=O)COc1cccc2c1O[C@H]1C[C@@H](O)[C@H](NS(=O)(=O)c3ccccc3)[C@@H]21. The number of para-hydroxylation sites is 1. The lowest BCUT2D eigenvalue weighted by Gasteiger charge is -2.22. The Hall–Kier alpha value is -2.62. The summed E-state index contributed by atoms with van der Waals surface area (Å²) in [5, 5.41) is 10.5. The van der Waals surface area contributed by atoms with E-state index in [0.29, 0.717) is 11.5 Å². The van der Waals surface area contributed by atoms with Crippen molar-refractivity contribution in [2.45, 2.75) is 35.5 Å². The fourth-order valence-electron chi connectivity index (χ4n) is 3.90. The first-order valence-corrected chi connectivity index (χ1v) is 10.6. The third kappa shape index (κ3) is 3.68. The average Bonchev–Trinajstić information content (AvgIpc) is 3.22. The normalized spacial score (nSPS) is 25.0. The molecule has 29 heavy (non-hydrogen) atoms. The van der Waals surface area contributed by atoms with Crippen LogP contribution in [0.1, 0.15) is 17.9 Å². The molecule has 0 unspecified atom stereocenters. The smallest absolute Gasteiger partial charge is 0.343 e. The van der Waals surface area contributed by atoms with E-state index < -0.39 is 34.2 Å². The summed E-state index contributed by atoms with van der Waals surface area (Å²) < 4.78 is 44.2. The lowest BCUT2D eigenvalue weighted by molar-refractivity contribution is -0.142. The molecule has 0 aromatic heterocycles.